The van der Waals surface area contributed by atoms with Crippen LogP contribution >= 0.6 is 0 Å². The van der Waals surface area contributed by atoms with Crippen molar-refractivity contribution in [2.24, 2.45) is 5.84 Å². The average molecular weight is 474 g/mol. The standard InChI is InChI=1S/C25H24N5O5/c1-34-21-4-2-3-15-18(31)12-17(28-22(15)21)24(33)30-9-7-25(8-10-30)13-19(32)16-11-14(23(26)29-27)5-6-20(16)35-25/h2-6,11-12H,7-10,13H2,1H3,(H4-,26,27,28,29,31,33)/q-1. The van der Waals surface area contributed by atoms with E-state index in [-0.39, 0.29) is 35.1 Å². The van der Waals surface area contributed by atoms with Crippen molar-refractivity contribution in [3.8, 4) is 11.5 Å². The Labute approximate surface area is 200 Å². The summed E-state index contributed by atoms with van der Waals surface area (Å²) in [4.78, 5) is 43.5. The van der Waals surface area contributed by atoms with Gasteiger partial charge in [0.15, 0.2) is 11.2 Å². The third kappa shape index (κ3) is 3.91. The number of benzene rings is 2. The van der Waals surface area contributed by atoms with Crippen molar-refractivity contribution < 1.29 is 19.1 Å². The van der Waals surface area contributed by atoms with Gasteiger partial charge in [0.05, 0.1) is 24.6 Å². The van der Waals surface area contributed by atoms with E-state index < -0.39 is 5.60 Å². The summed E-state index contributed by atoms with van der Waals surface area (Å²) in [5.74, 6) is 5.55. The molecule has 0 aliphatic carbocycles. The summed E-state index contributed by atoms with van der Waals surface area (Å²) >= 11 is 0. The maximum absolute atomic E-state index is 13.2. The molecule has 1 aromatic heterocycles. The van der Waals surface area contributed by atoms with E-state index in [1.54, 1.807) is 41.3 Å². The number of nitrogens with zero attached hydrogens (tertiary/aromatic N) is 2. The van der Waals surface area contributed by atoms with E-state index in [4.69, 9.17) is 15.3 Å². The number of nitrogens with two attached hydrogens (primary N) is 1. The van der Waals surface area contributed by atoms with Crippen molar-refractivity contribution in [1.29, 1.82) is 0 Å². The topological polar surface area (TPSA) is 149 Å². The number of rotatable bonds is 3. The second kappa shape index (κ2) is 8.55. The quantitative estimate of drug-likeness (QED) is 0.227. The monoisotopic (exact) mass is 474 g/mol. The molecule has 10 heteroatoms. The molecule has 1 fully saturated rings. The summed E-state index contributed by atoms with van der Waals surface area (Å²) in [6.45, 7) is 0.744. The van der Waals surface area contributed by atoms with Crippen molar-refractivity contribution in [2.45, 2.75) is 24.9 Å². The van der Waals surface area contributed by atoms with Gasteiger partial charge in [0, 0.05) is 37.4 Å². The number of Topliss-reactive ketones (excluding diaryl/α,β-unsaturated/α-hetero) is 1. The Morgan fingerprint density at radius 1 is 1.20 bits per heavy atom. The minimum Gasteiger partial charge on any atom is -0.495 e. The van der Waals surface area contributed by atoms with Gasteiger partial charge in [-0.25, -0.2) is 0 Å². The van der Waals surface area contributed by atoms with Crippen LogP contribution in [0.25, 0.3) is 16.3 Å². The number of aromatic nitrogens is 1. The SMILES string of the molecule is COc1cccc2c(=O)cc(C(=O)N3CCC4(CC3)CC(=O)c3cc(C(=[N-])NN)ccc3O4)[nH]c12. The minimum absolute atomic E-state index is 0.0938. The van der Waals surface area contributed by atoms with Gasteiger partial charge in [0.25, 0.3) is 5.91 Å². The number of hydrogen-bond acceptors (Lipinski definition) is 6. The number of hydrazine groups is 1. The summed E-state index contributed by atoms with van der Waals surface area (Å²) in [5.41, 5.74) is 2.63. The number of methoxy groups -OCH3 is 1. The van der Waals surface area contributed by atoms with Gasteiger partial charge in [-0.15, -0.1) is 0 Å². The van der Waals surface area contributed by atoms with E-state index >= 15 is 0 Å². The molecular formula is C25H24N5O5-. The molecule has 3 heterocycles. The van der Waals surface area contributed by atoms with Crippen LogP contribution in [0.2, 0.25) is 0 Å². The van der Waals surface area contributed by atoms with Crippen LogP contribution in [-0.2, 0) is 0 Å². The molecule has 180 valence electrons. The Morgan fingerprint density at radius 2 is 1.97 bits per heavy atom. The molecule has 1 spiro atoms. The molecule has 2 aliphatic heterocycles. The number of fused-ring (bicyclic) bond motifs is 2. The van der Waals surface area contributed by atoms with Crippen LogP contribution in [0.4, 0.5) is 0 Å². The third-order valence-electron chi connectivity index (χ3n) is 6.74. The summed E-state index contributed by atoms with van der Waals surface area (Å²) < 4.78 is 11.6. The fraction of sp³-hybridized carbons (Fsp3) is 0.280. The largest absolute Gasteiger partial charge is 0.495 e. The number of ketones is 1. The van der Waals surface area contributed by atoms with Crippen LogP contribution in [0.15, 0.2) is 47.3 Å². The van der Waals surface area contributed by atoms with Crippen LogP contribution < -0.4 is 26.2 Å². The van der Waals surface area contributed by atoms with E-state index in [1.807, 2.05) is 0 Å². The Balaban J connectivity index is 1.34. The van der Waals surface area contributed by atoms with Crippen LogP contribution in [0.3, 0.4) is 0 Å². The molecule has 1 saturated heterocycles. The predicted molar refractivity (Wildman–Crippen MR) is 130 cm³/mol. The summed E-state index contributed by atoms with van der Waals surface area (Å²) in [5, 5.41) is 10.2. The summed E-state index contributed by atoms with van der Waals surface area (Å²) in [6, 6.07) is 11.2. The molecule has 10 nitrogen and oxygen atoms in total. The second-order valence-corrected chi connectivity index (χ2v) is 8.81. The van der Waals surface area contributed by atoms with E-state index in [0.717, 1.165) is 0 Å². The molecule has 0 radical (unpaired) electrons. The van der Waals surface area contributed by atoms with Gasteiger partial charge in [-0.1, -0.05) is 18.0 Å². The number of carbonyl (C=O) groups is 2. The van der Waals surface area contributed by atoms with Crippen LogP contribution in [0.5, 0.6) is 11.5 Å². The Morgan fingerprint density at radius 3 is 2.69 bits per heavy atom. The van der Waals surface area contributed by atoms with Gasteiger partial charge < -0.3 is 36.0 Å². The first-order valence-corrected chi connectivity index (χ1v) is 11.2. The lowest BCUT2D eigenvalue weighted by atomic mass is 9.82. The number of hydrogen-bond donors (Lipinski definition) is 3. The zero-order valence-corrected chi connectivity index (χ0v) is 19.1. The average Bonchev–Trinajstić information content (AvgIpc) is 2.87. The molecule has 0 saturated carbocycles. The Kier molecular flexibility index (Phi) is 5.52. The first kappa shape index (κ1) is 22.6. The number of pyridine rings is 1. The molecule has 0 bridgehead atoms. The van der Waals surface area contributed by atoms with Crippen molar-refractivity contribution in [3.63, 3.8) is 0 Å². The van der Waals surface area contributed by atoms with Crippen LogP contribution in [0, 0.1) is 0 Å². The highest BCUT2D eigenvalue weighted by Crippen LogP contribution is 2.40. The smallest absolute Gasteiger partial charge is 0.270 e. The number of amidine groups is 1. The van der Waals surface area contributed by atoms with Crippen molar-refractivity contribution in [2.75, 3.05) is 20.2 Å². The number of ether oxygens (including phenoxy) is 2. The zero-order chi connectivity index (χ0) is 24.7. The van der Waals surface area contributed by atoms with E-state index in [9.17, 15) is 19.8 Å². The second-order valence-electron chi connectivity index (χ2n) is 8.81. The maximum atomic E-state index is 13.2. The van der Waals surface area contributed by atoms with Crippen molar-refractivity contribution in [3.05, 3.63) is 74.9 Å². The molecule has 1 amide bonds. The summed E-state index contributed by atoms with van der Waals surface area (Å²) in [7, 11) is 1.51. The minimum atomic E-state index is -0.708. The molecule has 35 heavy (non-hydrogen) atoms. The lowest BCUT2D eigenvalue weighted by Gasteiger charge is -2.44. The highest BCUT2D eigenvalue weighted by atomic mass is 16.5. The van der Waals surface area contributed by atoms with Gasteiger partial charge in [-0.2, -0.15) is 0 Å². The maximum Gasteiger partial charge on any atom is 0.270 e. The normalized spacial score (nSPS) is 16.5. The van der Waals surface area contributed by atoms with Gasteiger partial charge in [0.2, 0.25) is 0 Å². The zero-order valence-electron chi connectivity index (χ0n) is 19.1. The highest BCUT2D eigenvalue weighted by Gasteiger charge is 2.44. The fourth-order valence-electron chi connectivity index (χ4n) is 4.82. The Bertz CT molecular complexity index is 1420. The molecule has 0 unspecified atom stereocenters. The number of carbonyl (C=O) groups excluding carboxylic acids is 2. The number of para-hydroxylation sites is 1. The number of piperidine rings is 1. The van der Waals surface area contributed by atoms with Crippen molar-refractivity contribution in [1.82, 2.24) is 15.3 Å². The molecule has 0 atom stereocenters. The first-order valence-electron chi connectivity index (χ1n) is 11.2. The van der Waals surface area contributed by atoms with E-state index in [1.165, 1.54) is 13.2 Å². The lowest BCUT2D eigenvalue weighted by molar-refractivity contribution is -0.00584. The van der Waals surface area contributed by atoms with Gasteiger partial charge in [-0.3, -0.25) is 14.4 Å². The van der Waals surface area contributed by atoms with E-state index in [2.05, 4.69) is 10.4 Å². The van der Waals surface area contributed by atoms with E-state index in [0.29, 0.717) is 59.5 Å². The third-order valence-corrected chi connectivity index (χ3v) is 6.74. The number of H-pyrrole nitrogens is 1. The number of nitrogens with one attached hydrogen (secondary N) is 2. The van der Waals surface area contributed by atoms with Crippen molar-refractivity contribution >= 4 is 28.4 Å². The molecule has 3 aromatic rings. The Hall–Kier alpha value is -4.18. The van der Waals surface area contributed by atoms with Crippen LogP contribution in [0.1, 0.15) is 45.7 Å². The first-order chi connectivity index (χ1) is 16.8. The molecule has 2 aromatic carbocycles. The molecular weight excluding hydrogens is 450 g/mol. The molecule has 2 aliphatic rings. The van der Waals surface area contributed by atoms with Gasteiger partial charge in [-0.05, 0) is 29.8 Å². The molecule has 5 rings (SSSR count). The molecule has 4 N–H and O–H groups in total. The van der Waals surface area contributed by atoms with Gasteiger partial charge in [0.1, 0.15) is 22.8 Å². The van der Waals surface area contributed by atoms with Gasteiger partial charge >= 0.3 is 0 Å². The lowest BCUT2D eigenvalue weighted by Crippen LogP contribution is -2.52. The number of aromatic amines is 1. The number of amides is 1. The predicted octanol–water partition coefficient (Wildman–Crippen LogP) is 1.96. The fourth-order valence-corrected chi connectivity index (χ4v) is 4.82. The highest BCUT2D eigenvalue weighted by molar-refractivity contribution is 6.06. The number of likely N-dealkylation sites (tertiary alicyclic amines) is 1. The van der Waals surface area contributed by atoms with Crippen LogP contribution in [-0.4, -0.2) is 53.2 Å². The summed E-state index contributed by atoms with van der Waals surface area (Å²) in [6.07, 6.45) is 1.11.